The van der Waals surface area contributed by atoms with E-state index in [1.54, 1.807) is 0 Å². The molecule has 2 saturated heterocycles. The Bertz CT molecular complexity index is 416. The van der Waals surface area contributed by atoms with Crippen LogP contribution in [0.25, 0.3) is 0 Å². The summed E-state index contributed by atoms with van der Waals surface area (Å²) in [6.07, 6.45) is 4.13. The normalized spacial score (nSPS) is 30.1. The predicted molar refractivity (Wildman–Crippen MR) is 69.4 cm³/mol. The van der Waals surface area contributed by atoms with E-state index in [1.807, 2.05) is 0 Å². The third kappa shape index (κ3) is 3.67. The summed E-state index contributed by atoms with van der Waals surface area (Å²) in [6.45, 7) is 0.911. The van der Waals surface area contributed by atoms with Gasteiger partial charge >= 0.3 is 5.97 Å². The first-order valence-electron chi connectivity index (χ1n) is 6.84. The maximum Gasteiger partial charge on any atom is 0.322 e. The average molecular weight is 291 g/mol. The Morgan fingerprint density at radius 3 is 2.63 bits per heavy atom. The van der Waals surface area contributed by atoms with Crippen LogP contribution in [0.4, 0.5) is 0 Å². The third-order valence-corrected chi connectivity index (χ3v) is 5.71. The van der Waals surface area contributed by atoms with Crippen LogP contribution in [0.5, 0.6) is 0 Å². The smallest absolute Gasteiger partial charge is 0.322 e. The number of carbonyl (C=O) groups is 1. The maximum absolute atomic E-state index is 12.4. The van der Waals surface area contributed by atoms with Gasteiger partial charge in [0.2, 0.25) is 10.0 Å². The van der Waals surface area contributed by atoms with Crippen molar-refractivity contribution in [2.75, 3.05) is 18.9 Å². The van der Waals surface area contributed by atoms with E-state index in [1.165, 1.54) is 4.31 Å². The number of carboxylic acid groups (broad SMARTS) is 1. The van der Waals surface area contributed by atoms with E-state index in [0.29, 0.717) is 19.6 Å². The molecule has 2 heterocycles. The molecule has 2 fully saturated rings. The van der Waals surface area contributed by atoms with Crippen molar-refractivity contribution in [1.29, 1.82) is 0 Å². The number of aliphatic carboxylic acids is 1. The highest BCUT2D eigenvalue weighted by Gasteiger charge is 2.37. The molecule has 2 aliphatic rings. The van der Waals surface area contributed by atoms with Crippen LogP contribution in [0.3, 0.4) is 0 Å². The molecule has 0 bridgehead atoms. The summed E-state index contributed by atoms with van der Waals surface area (Å²) in [5.74, 6) is -1.13. The molecule has 0 amide bonds. The number of hydrogen-bond donors (Lipinski definition) is 1. The van der Waals surface area contributed by atoms with Gasteiger partial charge in [0.25, 0.3) is 0 Å². The van der Waals surface area contributed by atoms with Crippen molar-refractivity contribution in [2.45, 2.75) is 50.7 Å². The van der Waals surface area contributed by atoms with Gasteiger partial charge in [0.1, 0.15) is 6.04 Å². The molecule has 110 valence electrons. The van der Waals surface area contributed by atoms with E-state index in [2.05, 4.69) is 0 Å². The van der Waals surface area contributed by atoms with Gasteiger partial charge in [-0.15, -0.1) is 0 Å². The van der Waals surface area contributed by atoms with Crippen molar-refractivity contribution < 1.29 is 23.1 Å². The lowest BCUT2D eigenvalue weighted by atomic mass is 10.1. The summed E-state index contributed by atoms with van der Waals surface area (Å²) in [7, 11) is -3.56. The summed E-state index contributed by atoms with van der Waals surface area (Å²) in [4.78, 5) is 11.3. The molecule has 6 nitrogen and oxygen atoms in total. The van der Waals surface area contributed by atoms with Crippen LogP contribution in [0.2, 0.25) is 0 Å². The SMILES string of the molecule is O=C(O)C1CCCCCN1S(=O)(=O)CC1CCCO1. The first-order valence-corrected chi connectivity index (χ1v) is 8.45. The molecule has 0 radical (unpaired) electrons. The van der Waals surface area contributed by atoms with Gasteiger partial charge in [-0.05, 0) is 25.7 Å². The highest BCUT2D eigenvalue weighted by molar-refractivity contribution is 7.89. The molecule has 0 spiro atoms. The van der Waals surface area contributed by atoms with Crippen LogP contribution in [0, 0.1) is 0 Å². The molecule has 19 heavy (non-hydrogen) atoms. The molecule has 2 rings (SSSR count). The Morgan fingerprint density at radius 1 is 1.21 bits per heavy atom. The van der Waals surface area contributed by atoms with Crippen LogP contribution >= 0.6 is 0 Å². The topological polar surface area (TPSA) is 83.9 Å². The fraction of sp³-hybridized carbons (Fsp3) is 0.917. The quantitative estimate of drug-likeness (QED) is 0.829. The molecule has 7 heteroatoms. The Balaban J connectivity index is 2.12. The molecule has 1 N–H and O–H groups in total. The molecule has 0 aromatic heterocycles. The Hall–Kier alpha value is -0.660. The van der Waals surface area contributed by atoms with Gasteiger partial charge in [0, 0.05) is 13.2 Å². The minimum absolute atomic E-state index is 0.0865. The molecular weight excluding hydrogens is 270 g/mol. The van der Waals surface area contributed by atoms with Crippen molar-refractivity contribution in [3.63, 3.8) is 0 Å². The molecule has 0 aromatic carbocycles. The van der Waals surface area contributed by atoms with Gasteiger partial charge in [-0.3, -0.25) is 4.79 Å². The van der Waals surface area contributed by atoms with Crippen LogP contribution in [0.15, 0.2) is 0 Å². The zero-order valence-corrected chi connectivity index (χ0v) is 11.8. The first kappa shape index (κ1) is 14.7. The molecule has 2 aliphatic heterocycles. The summed E-state index contributed by atoms with van der Waals surface area (Å²) in [5, 5.41) is 9.22. The van der Waals surface area contributed by atoms with Gasteiger partial charge in [-0.25, -0.2) is 8.42 Å². The Kier molecular flexibility index (Phi) is 4.81. The van der Waals surface area contributed by atoms with E-state index < -0.39 is 22.0 Å². The Morgan fingerprint density at radius 2 is 2.00 bits per heavy atom. The lowest BCUT2D eigenvalue weighted by Crippen LogP contribution is -2.47. The standard InChI is InChI=1S/C12H21NO5S/c14-12(15)11-6-2-1-3-7-13(11)19(16,17)9-10-5-4-8-18-10/h10-11H,1-9H2,(H,14,15). The van der Waals surface area contributed by atoms with Crippen molar-refractivity contribution in [3.05, 3.63) is 0 Å². The van der Waals surface area contributed by atoms with E-state index in [-0.39, 0.29) is 11.9 Å². The lowest BCUT2D eigenvalue weighted by molar-refractivity contribution is -0.141. The van der Waals surface area contributed by atoms with Crippen molar-refractivity contribution in [1.82, 2.24) is 4.31 Å². The van der Waals surface area contributed by atoms with Crippen molar-refractivity contribution in [2.24, 2.45) is 0 Å². The second-order valence-corrected chi connectivity index (χ2v) is 7.19. The van der Waals surface area contributed by atoms with Gasteiger partial charge < -0.3 is 9.84 Å². The summed E-state index contributed by atoms with van der Waals surface area (Å²) in [5.41, 5.74) is 0. The minimum atomic E-state index is -3.56. The number of hydrogen-bond acceptors (Lipinski definition) is 4. The molecule has 2 unspecified atom stereocenters. The minimum Gasteiger partial charge on any atom is -0.480 e. The monoisotopic (exact) mass is 291 g/mol. The van der Waals surface area contributed by atoms with Gasteiger partial charge in [0.15, 0.2) is 0 Å². The number of rotatable bonds is 4. The average Bonchev–Trinajstić information content (AvgIpc) is 2.68. The van der Waals surface area contributed by atoms with Crippen molar-refractivity contribution in [3.8, 4) is 0 Å². The molecular formula is C12H21NO5S. The number of ether oxygens (including phenoxy) is 1. The van der Waals surface area contributed by atoms with Crippen LogP contribution in [-0.4, -0.2) is 54.8 Å². The van der Waals surface area contributed by atoms with E-state index in [4.69, 9.17) is 4.74 Å². The van der Waals surface area contributed by atoms with E-state index >= 15 is 0 Å². The largest absolute Gasteiger partial charge is 0.480 e. The van der Waals surface area contributed by atoms with Crippen molar-refractivity contribution >= 4 is 16.0 Å². The van der Waals surface area contributed by atoms with E-state index in [0.717, 1.165) is 32.1 Å². The lowest BCUT2D eigenvalue weighted by Gasteiger charge is -2.27. The number of nitrogens with zero attached hydrogens (tertiary/aromatic N) is 1. The van der Waals surface area contributed by atoms with E-state index in [9.17, 15) is 18.3 Å². The fourth-order valence-electron chi connectivity index (χ4n) is 2.77. The fourth-order valence-corrected chi connectivity index (χ4v) is 4.68. The maximum atomic E-state index is 12.4. The third-order valence-electron chi connectivity index (χ3n) is 3.77. The second-order valence-electron chi connectivity index (χ2n) is 5.23. The summed E-state index contributed by atoms with van der Waals surface area (Å²) < 4.78 is 31.3. The second kappa shape index (κ2) is 6.19. The zero-order chi connectivity index (χ0) is 13.9. The number of sulfonamides is 1. The highest BCUT2D eigenvalue weighted by atomic mass is 32.2. The van der Waals surface area contributed by atoms with Crippen LogP contribution in [0.1, 0.15) is 38.5 Å². The predicted octanol–water partition coefficient (Wildman–Crippen LogP) is 0.824. The highest BCUT2D eigenvalue weighted by Crippen LogP contribution is 2.23. The molecule has 0 saturated carbocycles. The van der Waals surface area contributed by atoms with Gasteiger partial charge in [-0.2, -0.15) is 4.31 Å². The van der Waals surface area contributed by atoms with Crippen LogP contribution in [-0.2, 0) is 19.6 Å². The van der Waals surface area contributed by atoms with Crippen LogP contribution < -0.4 is 0 Å². The zero-order valence-electron chi connectivity index (χ0n) is 11.0. The summed E-state index contributed by atoms with van der Waals surface area (Å²) in [6, 6.07) is -0.908. The van der Waals surface area contributed by atoms with Gasteiger partial charge in [-0.1, -0.05) is 12.8 Å². The number of carboxylic acids is 1. The Labute approximate surface area is 113 Å². The summed E-state index contributed by atoms with van der Waals surface area (Å²) >= 11 is 0. The molecule has 0 aromatic rings. The first-order chi connectivity index (χ1) is 9.00. The van der Waals surface area contributed by atoms with Gasteiger partial charge in [0.05, 0.1) is 11.9 Å². The molecule has 0 aliphatic carbocycles. The molecule has 2 atom stereocenters.